The summed E-state index contributed by atoms with van der Waals surface area (Å²) in [5, 5.41) is 3.59. The van der Waals surface area contributed by atoms with Gasteiger partial charge in [0.15, 0.2) is 0 Å². The summed E-state index contributed by atoms with van der Waals surface area (Å²) in [6.45, 7) is 11.2. The number of anilines is 1. The van der Waals surface area contributed by atoms with E-state index in [0.717, 1.165) is 5.69 Å². The molecule has 0 atom stereocenters. The Morgan fingerprint density at radius 2 is 1.15 bits per heavy atom. The van der Waals surface area contributed by atoms with Crippen molar-refractivity contribution in [1.82, 2.24) is 0 Å². The summed E-state index contributed by atoms with van der Waals surface area (Å²) in [7, 11) is 0. The lowest BCUT2D eigenvalue weighted by molar-refractivity contribution is 0.583. The van der Waals surface area contributed by atoms with Crippen molar-refractivity contribution in [3.8, 4) is 0 Å². The first-order valence-electron chi connectivity index (χ1n) is 7.23. The molecular weight excluding hydrogens is 242 g/mol. The van der Waals surface area contributed by atoms with Gasteiger partial charge in [0, 0.05) is 5.69 Å². The smallest absolute Gasteiger partial charge is 0.0569 e. The third kappa shape index (κ3) is 3.41. The van der Waals surface area contributed by atoms with Crippen LogP contribution < -0.4 is 5.32 Å². The Bertz CT molecular complexity index is 545. The van der Waals surface area contributed by atoms with Gasteiger partial charge in [-0.25, -0.2) is 0 Å². The molecule has 0 aliphatic rings. The van der Waals surface area contributed by atoms with Crippen molar-refractivity contribution in [3.05, 3.63) is 65.7 Å². The highest BCUT2D eigenvalue weighted by Gasteiger charge is 2.21. The Kier molecular flexibility index (Phi) is 3.89. The Morgan fingerprint density at radius 3 is 1.65 bits per heavy atom. The highest BCUT2D eigenvalue weighted by molar-refractivity contribution is 5.47. The molecule has 106 valence electrons. The van der Waals surface area contributed by atoms with Crippen molar-refractivity contribution in [2.75, 3.05) is 5.32 Å². The molecule has 0 fully saturated rings. The van der Waals surface area contributed by atoms with Crippen LogP contribution in [0.4, 0.5) is 5.69 Å². The van der Waals surface area contributed by atoms with Crippen LogP contribution in [0, 0.1) is 0 Å². The number of para-hydroxylation sites is 1. The molecule has 2 aromatic rings. The Balaban J connectivity index is 2.21. The number of hydrogen-bond donors (Lipinski definition) is 1. The molecule has 0 unspecified atom stereocenters. The quantitative estimate of drug-likeness (QED) is 0.792. The lowest BCUT2D eigenvalue weighted by Gasteiger charge is -2.29. The van der Waals surface area contributed by atoms with Gasteiger partial charge in [0.2, 0.25) is 0 Å². The maximum Gasteiger partial charge on any atom is 0.0569 e. The van der Waals surface area contributed by atoms with E-state index < -0.39 is 0 Å². The summed E-state index contributed by atoms with van der Waals surface area (Å²) >= 11 is 0. The van der Waals surface area contributed by atoms with Gasteiger partial charge in [-0.3, -0.25) is 0 Å². The molecule has 0 aromatic heterocycles. The third-order valence-corrected chi connectivity index (χ3v) is 3.70. The first-order chi connectivity index (χ1) is 9.29. The number of hydrogen-bond acceptors (Lipinski definition) is 1. The second kappa shape index (κ2) is 5.32. The van der Waals surface area contributed by atoms with Crippen LogP contribution >= 0.6 is 0 Å². The van der Waals surface area contributed by atoms with E-state index in [1.165, 1.54) is 11.1 Å². The van der Waals surface area contributed by atoms with Crippen LogP contribution in [-0.2, 0) is 11.0 Å². The van der Waals surface area contributed by atoms with Gasteiger partial charge in [0.1, 0.15) is 0 Å². The van der Waals surface area contributed by atoms with Crippen LogP contribution in [-0.4, -0.2) is 0 Å². The molecule has 0 amide bonds. The summed E-state index contributed by atoms with van der Waals surface area (Å²) in [5.74, 6) is 0. The van der Waals surface area contributed by atoms with Crippen molar-refractivity contribution < 1.29 is 0 Å². The van der Waals surface area contributed by atoms with E-state index in [-0.39, 0.29) is 11.0 Å². The molecule has 2 aromatic carbocycles. The molecule has 0 radical (unpaired) electrons. The van der Waals surface area contributed by atoms with Gasteiger partial charge in [0.25, 0.3) is 0 Å². The average Bonchev–Trinajstić information content (AvgIpc) is 2.38. The van der Waals surface area contributed by atoms with E-state index in [4.69, 9.17) is 0 Å². The molecule has 20 heavy (non-hydrogen) atoms. The SMILES string of the molecule is CC(C)(C)c1ccc(C(C)(C)Nc2ccccc2)cc1. The van der Waals surface area contributed by atoms with Crippen molar-refractivity contribution in [2.24, 2.45) is 0 Å². The number of nitrogens with one attached hydrogen (secondary N) is 1. The second-order valence-corrected chi connectivity index (χ2v) is 6.94. The zero-order valence-corrected chi connectivity index (χ0v) is 13.2. The maximum absolute atomic E-state index is 3.59. The predicted octanol–water partition coefficient (Wildman–Crippen LogP) is 5.33. The Morgan fingerprint density at radius 1 is 0.650 bits per heavy atom. The molecule has 0 spiro atoms. The van der Waals surface area contributed by atoms with E-state index in [1.807, 2.05) is 6.07 Å². The van der Waals surface area contributed by atoms with Crippen LogP contribution in [0.25, 0.3) is 0 Å². The highest BCUT2D eigenvalue weighted by Crippen LogP contribution is 2.28. The molecule has 2 rings (SSSR count). The number of benzene rings is 2. The van der Waals surface area contributed by atoms with Gasteiger partial charge in [-0.05, 0) is 42.5 Å². The fraction of sp³-hybridized carbons (Fsp3) is 0.368. The minimum Gasteiger partial charge on any atom is -0.376 e. The van der Waals surface area contributed by atoms with Crippen LogP contribution in [0.2, 0.25) is 0 Å². The first-order valence-corrected chi connectivity index (χ1v) is 7.23. The second-order valence-electron chi connectivity index (χ2n) is 6.94. The fourth-order valence-electron chi connectivity index (χ4n) is 2.34. The van der Waals surface area contributed by atoms with Gasteiger partial charge in [-0.2, -0.15) is 0 Å². The fourth-order valence-corrected chi connectivity index (χ4v) is 2.34. The van der Waals surface area contributed by atoms with E-state index >= 15 is 0 Å². The molecule has 1 N–H and O–H groups in total. The number of rotatable bonds is 3. The van der Waals surface area contributed by atoms with E-state index in [0.29, 0.717) is 0 Å². The van der Waals surface area contributed by atoms with Gasteiger partial charge < -0.3 is 5.32 Å². The summed E-state index contributed by atoms with van der Waals surface area (Å²) in [4.78, 5) is 0. The van der Waals surface area contributed by atoms with Crippen LogP contribution in [0.5, 0.6) is 0 Å². The largest absolute Gasteiger partial charge is 0.376 e. The lowest BCUT2D eigenvalue weighted by Crippen LogP contribution is -2.28. The summed E-state index contributed by atoms with van der Waals surface area (Å²) in [5.41, 5.74) is 3.94. The minimum atomic E-state index is -0.0855. The Labute approximate surface area is 123 Å². The molecular formula is C19H25N. The van der Waals surface area contributed by atoms with E-state index in [9.17, 15) is 0 Å². The van der Waals surface area contributed by atoms with Crippen molar-refractivity contribution in [2.45, 2.75) is 45.6 Å². The standard InChI is InChI=1S/C19H25N/c1-18(2,3)15-11-13-16(14-12-15)19(4,5)20-17-9-7-6-8-10-17/h6-14,20H,1-5H3. The molecule has 1 nitrogen and oxygen atoms in total. The van der Waals surface area contributed by atoms with Gasteiger partial charge >= 0.3 is 0 Å². The topological polar surface area (TPSA) is 12.0 Å². The van der Waals surface area contributed by atoms with Gasteiger partial charge in [0.05, 0.1) is 5.54 Å². The maximum atomic E-state index is 3.59. The Hall–Kier alpha value is -1.76. The first kappa shape index (κ1) is 14.6. The predicted molar refractivity (Wildman–Crippen MR) is 88.2 cm³/mol. The van der Waals surface area contributed by atoms with Crippen molar-refractivity contribution >= 4 is 5.69 Å². The highest BCUT2D eigenvalue weighted by atomic mass is 15.0. The summed E-state index contributed by atoms with van der Waals surface area (Å²) in [6.07, 6.45) is 0. The van der Waals surface area contributed by atoms with Crippen LogP contribution in [0.1, 0.15) is 45.7 Å². The van der Waals surface area contributed by atoms with Crippen molar-refractivity contribution in [3.63, 3.8) is 0 Å². The monoisotopic (exact) mass is 267 g/mol. The molecule has 0 aliphatic heterocycles. The normalized spacial score (nSPS) is 12.2. The van der Waals surface area contributed by atoms with Crippen LogP contribution in [0.3, 0.4) is 0 Å². The summed E-state index contributed by atoms with van der Waals surface area (Å²) < 4.78 is 0. The molecule has 0 heterocycles. The van der Waals surface area contributed by atoms with Crippen molar-refractivity contribution in [1.29, 1.82) is 0 Å². The van der Waals surface area contributed by atoms with Gasteiger partial charge in [-0.1, -0.05) is 63.2 Å². The minimum absolute atomic E-state index is 0.0855. The molecule has 0 saturated heterocycles. The zero-order valence-electron chi connectivity index (χ0n) is 13.2. The molecule has 0 saturated carbocycles. The molecule has 0 aliphatic carbocycles. The van der Waals surface area contributed by atoms with E-state index in [1.54, 1.807) is 0 Å². The van der Waals surface area contributed by atoms with E-state index in [2.05, 4.69) is 88.5 Å². The average molecular weight is 267 g/mol. The lowest BCUT2D eigenvalue weighted by atomic mass is 9.84. The van der Waals surface area contributed by atoms with Gasteiger partial charge in [-0.15, -0.1) is 0 Å². The molecule has 0 bridgehead atoms. The molecule has 1 heteroatoms. The third-order valence-electron chi connectivity index (χ3n) is 3.70. The van der Waals surface area contributed by atoms with Crippen LogP contribution in [0.15, 0.2) is 54.6 Å². The summed E-state index contributed by atoms with van der Waals surface area (Å²) in [6, 6.07) is 19.3. The zero-order chi connectivity index (χ0) is 14.8.